The molecular weight excluding hydrogens is 474 g/mol. The SMILES string of the molecule is [2H]C([2H])([2H])c1ccc(S(=O)(=O)NC23COC(CO)(C2)C3)cc1-c1cnc(N)c(-c2cnc(C3CC3)s2)n1. The minimum absolute atomic E-state index is 0.0512. The van der Waals surface area contributed by atoms with Crippen LogP contribution in [0.1, 0.15) is 46.3 Å². The molecule has 0 amide bonds. The van der Waals surface area contributed by atoms with Crippen molar-refractivity contribution in [3.63, 3.8) is 0 Å². The Morgan fingerprint density at radius 3 is 2.85 bits per heavy atom. The summed E-state index contributed by atoms with van der Waals surface area (Å²) in [6, 6.07) is 3.86. The third-order valence-corrected chi connectivity index (χ3v) is 9.42. The molecule has 11 heteroatoms. The Kier molecular flexibility index (Phi) is 4.17. The van der Waals surface area contributed by atoms with Gasteiger partial charge < -0.3 is 15.6 Å². The number of ether oxygens (including phenoxy) is 1. The maximum Gasteiger partial charge on any atom is 0.241 e. The van der Waals surface area contributed by atoms with Crippen molar-refractivity contribution < 1.29 is 22.4 Å². The van der Waals surface area contributed by atoms with E-state index in [1.54, 1.807) is 6.20 Å². The maximum atomic E-state index is 13.3. The lowest BCUT2D eigenvalue weighted by molar-refractivity contribution is -0.0482. The number of aliphatic hydroxyl groups excluding tert-OH is 1. The van der Waals surface area contributed by atoms with Gasteiger partial charge in [0.15, 0.2) is 5.82 Å². The van der Waals surface area contributed by atoms with E-state index < -0.39 is 28.0 Å². The molecule has 2 saturated heterocycles. The van der Waals surface area contributed by atoms with Crippen molar-refractivity contribution in [3.05, 3.63) is 41.2 Å². The second-order valence-corrected chi connectivity index (χ2v) is 12.1. The van der Waals surface area contributed by atoms with Crippen molar-refractivity contribution in [2.45, 2.75) is 54.5 Å². The van der Waals surface area contributed by atoms with Crippen LogP contribution >= 0.6 is 11.3 Å². The first-order chi connectivity index (χ1) is 17.4. The van der Waals surface area contributed by atoms with Gasteiger partial charge in [0.2, 0.25) is 10.0 Å². The Balaban J connectivity index is 1.39. The van der Waals surface area contributed by atoms with Crippen LogP contribution in [-0.4, -0.2) is 52.8 Å². The van der Waals surface area contributed by atoms with Gasteiger partial charge in [-0.1, -0.05) is 6.07 Å². The van der Waals surface area contributed by atoms with Gasteiger partial charge in [-0.25, -0.2) is 28.1 Å². The number of hydrogen-bond acceptors (Lipinski definition) is 9. The van der Waals surface area contributed by atoms with E-state index in [2.05, 4.69) is 19.7 Å². The first-order valence-electron chi connectivity index (χ1n) is 12.5. The quantitative estimate of drug-likeness (QED) is 0.448. The van der Waals surface area contributed by atoms with Crippen molar-refractivity contribution in [2.75, 3.05) is 18.9 Å². The fraction of sp³-hybridized carbons (Fsp3) is 0.435. The van der Waals surface area contributed by atoms with E-state index >= 15 is 0 Å². The zero-order valence-electron chi connectivity index (χ0n) is 21.1. The number of nitrogen functional groups attached to an aromatic ring is 1. The number of nitrogens with two attached hydrogens (primary N) is 1. The molecule has 4 aliphatic rings. The van der Waals surface area contributed by atoms with Gasteiger partial charge in [0.25, 0.3) is 0 Å². The maximum absolute atomic E-state index is 13.3. The van der Waals surface area contributed by atoms with Crippen molar-refractivity contribution in [1.82, 2.24) is 19.7 Å². The Morgan fingerprint density at radius 2 is 2.15 bits per heavy atom. The topological polar surface area (TPSA) is 140 Å². The van der Waals surface area contributed by atoms with Gasteiger partial charge in [0.1, 0.15) is 5.69 Å². The van der Waals surface area contributed by atoms with Crippen LogP contribution in [0.4, 0.5) is 5.82 Å². The number of nitrogens with zero attached hydrogens (tertiary/aromatic N) is 3. The highest BCUT2D eigenvalue weighted by molar-refractivity contribution is 7.89. The van der Waals surface area contributed by atoms with Crippen LogP contribution in [0.3, 0.4) is 0 Å². The molecule has 2 saturated carbocycles. The Hall–Kier alpha value is -2.44. The van der Waals surface area contributed by atoms with E-state index in [4.69, 9.17) is 14.6 Å². The molecule has 4 heterocycles. The number of benzene rings is 1. The average molecular weight is 503 g/mol. The van der Waals surface area contributed by atoms with Crippen LogP contribution in [-0.2, 0) is 14.8 Å². The molecule has 178 valence electrons. The first-order valence-corrected chi connectivity index (χ1v) is 13.2. The van der Waals surface area contributed by atoms with Crippen LogP contribution in [0.5, 0.6) is 0 Å². The van der Waals surface area contributed by atoms with Gasteiger partial charge in [0, 0.05) is 34.6 Å². The summed E-state index contributed by atoms with van der Waals surface area (Å²) >= 11 is 1.47. The highest BCUT2D eigenvalue weighted by atomic mass is 32.2. The molecule has 0 unspecified atom stereocenters. The monoisotopic (exact) mass is 502 g/mol. The summed E-state index contributed by atoms with van der Waals surface area (Å²) in [6.07, 6.45) is 5.98. The highest BCUT2D eigenvalue weighted by Crippen LogP contribution is 2.51. The summed E-state index contributed by atoms with van der Waals surface area (Å²) in [6.45, 7) is -2.53. The number of nitrogens with one attached hydrogen (secondary N) is 1. The number of aromatic nitrogens is 3. The number of aryl methyl sites for hydroxylation is 1. The van der Waals surface area contributed by atoms with E-state index in [9.17, 15) is 13.5 Å². The van der Waals surface area contributed by atoms with Gasteiger partial charge in [-0.2, -0.15) is 0 Å². The fourth-order valence-corrected chi connectivity index (χ4v) is 7.30. The summed E-state index contributed by atoms with van der Waals surface area (Å²) in [5.41, 5.74) is 5.28. The molecular formula is C23H25N5O4S2. The average Bonchev–Trinajstić information content (AvgIpc) is 3.30. The fourth-order valence-electron chi connectivity index (χ4n) is 4.81. The van der Waals surface area contributed by atoms with Gasteiger partial charge in [-0.15, -0.1) is 11.3 Å². The lowest BCUT2D eigenvalue weighted by atomic mass is 9.69. The van der Waals surface area contributed by atoms with Gasteiger partial charge in [0.05, 0.1) is 51.0 Å². The molecule has 4 N–H and O–H groups in total. The van der Waals surface area contributed by atoms with E-state index in [0.717, 1.165) is 17.8 Å². The molecule has 1 aromatic carbocycles. The van der Waals surface area contributed by atoms with Crippen molar-refractivity contribution >= 4 is 27.2 Å². The Labute approximate surface area is 205 Å². The molecule has 2 aliphatic carbocycles. The van der Waals surface area contributed by atoms with Crippen molar-refractivity contribution in [3.8, 4) is 21.8 Å². The predicted molar refractivity (Wildman–Crippen MR) is 128 cm³/mol. The number of thiazole rings is 1. The second kappa shape index (κ2) is 7.53. The normalized spacial score (nSPS) is 27.6. The molecule has 34 heavy (non-hydrogen) atoms. The molecule has 2 aromatic heterocycles. The molecule has 7 rings (SSSR count). The predicted octanol–water partition coefficient (Wildman–Crippen LogP) is 2.61. The number of hydrogen-bond donors (Lipinski definition) is 3. The Bertz CT molecular complexity index is 1500. The highest BCUT2D eigenvalue weighted by Gasteiger charge is 2.63. The van der Waals surface area contributed by atoms with Gasteiger partial charge in [-0.05, 0) is 37.4 Å². The molecule has 4 fully saturated rings. The summed E-state index contributed by atoms with van der Waals surface area (Å²) < 4.78 is 59.0. The number of rotatable bonds is 7. The minimum atomic E-state index is -4.04. The first kappa shape index (κ1) is 18.8. The number of anilines is 1. The zero-order valence-corrected chi connectivity index (χ0v) is 19.7. The molecule has 0 spiro atoms. The molecule has 2 bridgehead atoms. The summed E-state index contributed by atoms with van der Waals surface area (Å²) in [5.74, 6) is 0.629. The zero-order chi connectivity index (χ0) is 26.2. The molecule has 9 nitrogen and oxygen atoms in total. The molecule has 3 aromatic rings. The van der Waals surface area contributed by atoms with Crippen LogP contribution in [0.25, 0.3) is 21.8 Å². The van der Waals surface area contributed by atoms with Crippen LogP contribution in [0.2, 0.25) is 0 Å². The van der Waals surface area contributed by atoms with E-state index in [-0.39, 0.29) is 40.7 Å². The van der Waals surface area contributed by atoms with Gasteiger partial charge in [-0.3, -0.25) is 0 Å². The standard InChI is InChI=1S/C23H25N5O4S2/c1-13-2-5-15(34(30,31)28-22-9-23(10-22,11-29)32-12-22)6-16(13)17-7-25-20(24)19(27-17)18-8-26-21(33-18)14-3-4-14/h2,5-8,14,28-29H,3-4,9-12H2,1H3,(H2,24,25)/i1D3. The number of sulfonamides is 1. The number of fused-ring (bicyclic) bond motifs is 1. The summed E-state index contributed by atoms with van der Waals surface area (Å²) in [4.78, 5) is 13.9. The third-order valence-electron chi connectivity index (χ3n) is 6.68. The lowest BCUT2D eigenvalue weighted by Gasteiger charge is -2.43. The Morgan fingerprint density at radius 1 is 1.32 bits per heavy atom. The van der Waals surface area contributed by atoms with Crippen LogP contribution in [0.15, 0.2) is 35.5 Å². The van der Waals surface area contributed by atoms with E-state index in [1.165, 1.54) is 35.7 Å². The lowest BCUT2D eigenvalue weighted by Crippen LogP contribution is -2.60. The van der Waals surface area contributed by atoms with E-state index in [1.807, 2.05) is 0 Å². The number of aliphatic hydroxyl groups is 1. The van der Waals surface area contributed by atoms with Crippen LogP contribution < -0.4 is 10.5 Å². The second-order valence-electron chi connectivity index (χ2n) is 9.40. The molecule has 0 atom stereocenters. The smallest absolute Gasteiger partial charge is 0.241 e. The van der Waals surface area contributed by atoms with Crippen molar-refractivity contribution in [1.29, 1.82) is 0 Å². The summed E-state index contributed by atoms with van der Waals surface area (Å²) in [7, 11) is -4.04. The van der Waals surface area contributed by atoms with Crippen LogP contribution in [0, 0.1) is 6.85 Å². The third kappa shape index (κ3) is 3.62. The largest absolute Gasteiger partial charge is 0.393 e. The summed E-state index contributed by atoms with van der Waals surface area (Å²) in [5, 5.41) is 10.5. The van der Waals surface area contributed by atoms with Crippen molar-refractivity contribution in [2.24, 2.45) is 0 Å². The molecule has 2 aliphatic heterocycles. The van der Waals surface area contributed by atoms with Gasteiger partial charge >= 0.3 is 0 Å². The van der Waals surface area contributed by atoms with E-state index in [0.29, 0.717) is 29.3 Å². The molecule has 0 radical (unpaired) electrons. The minimum Gasteiger partial charge on any atom is -0.393 e.